The zero-order valence-electron chi connectivity index (χ0n) is 13.8. The molecule has 1 aromatic heterocycles. The van der Waals surface area contributed by atoms with Gasteiger partial charge in [-0.25, -0.2) is 0 Å². The van der Waals surface area contributed by atoms with E-state index in [1.165, 1.54) is 38.5 Å². The Balaban J connectivity index is 1.42. The lowest BCUT2D eigenvalue weighted by Crippen LogP contribution is -2.62. The largest absolute Gasteiger partial charge is 0.378 e. The summed E-state index contributed by atoms with van der Waals surface area (Å²) in [6, 6.07) is 0.600. The summed E-state index contributed by atoms with van der Waals surface area (Å²) in [7, 11) is 2.20. The Morgan fingerprint density at radius 2 is 2.09 bits per heavy atom. The minimum absolute atomic E-state index is 0.379. The Labute approximate surface area is 132 Å². The van der Waals surface area contributed by atoms with Gasteiger partial charge in [0.15, 0.2) is 5.82 Å². The second-order valence-electron chi connectivity index (χ2n) is 7.37. The predicted octanol–water partition coefficient (Wildman–Crippen LogP) is 3.12. The molecule has 0 aromatic carbocycles. The van der Waals surface area contributed by atoms with Gasteiger partial charge in [-0.05, 0) is 46.1 Å². The highest BCUT2D eigenvalue weighted by Gasteiger charge is 2.57. The van der Waals surface area contributed by atoms with Gasteiger partial charge in [0.25, 0.3) is 0 Å². The van der Waals surface area contributed by atoms with E-state index >= 15 is 0 Å². The molecule has 3 aliphatic carbocycles. The highest BCUT2D eigenvalue weighted by atomic mass is 16.5. The third kappa shape index (κ3) is 2.38. The van der Waals surface area contributed by atoms with Crippen molar-refractivity contribution in [3.8, 4) is 0 Å². The highest BCUT2D eigenvalue weighted by Crippen LogP contribution is 2.56. The maximum absolute atomic E-state index is 6.01. The molecule has 22 heavy (non-hydrogen) atoms. The number of aromatic nitrogens is 2. The SMILES string of the molecule is CCO[C@H]1C[C@@H](N(C)Cc2nc(C3CC3)no2)C12CCCC2. The fourth-order valence-electron chi connectivity index (χ4n) is 4.63. The lowest BCUT2D eigenvalue weighted by atomic mass is 9.60. The topological polar surface area (TPSA) is 51.4 Å². The zero-order valence-corrected chi connectivity index (χ0v) is 13.8. The average molecular weight is 305 g/mol. The van der Waals surface area contributed by atoms with Crippen molar-refractivity contribution < 1.29 is 9.26 Å². The summed E-state index contributed by atoms with van der Waals surface area (Å²) < 4.78 is 11.5. The zero-order chi connectivity index (χ0) is 15.2. The van der Waals surface area contributed by atoms with Crippen molar-refractivity contribution in [3.63, 3.8) is 0 Å². The van der Waals surface area contributed by atoms with Crippen molar-refractivity contribution in [3.05, 3.63) is 11.7 Å². The van der Waals surface area contributed by atoms with E-state index in [4.69, 9.17) is 9.26 Å². The number of ether oxygens (including phenoxy) is 1. The number of rotatable bonds is 6. The van der Waals surface area contributed by atoms with E-state index in [0.717, 1.165) is 31.3 Å². The Kier molecular flexibility index (Phi) is 3.73. The lowest BCUT2D eigenvalue weighted by Gasteiger charge is -2.57. The summed E-state index contributed by atoms with van der Waals surface area (Å²) >= 11 is 0. The fourth-order valence-corrected chi connectivity index (χ4v) is 4.63. The minimum atomic E-state index is 0.379. The van der Waals surface area contributed by atoms with Crippen molar-refractivity contribution in [2.75, 3.05) is 13.7 Å². The molecule has 5 heteroatoms. The number of hydrogen-bond donors (Lipinski definition) is 0. The summed E-state index contributed by atoms with van der Waals surface area (Å²) in [5, 5.41) is 4.13. The van der Waals surface area contributed by atoms with Crippen LogP contribution >= 0.6 is 0 Å². The number of hydrogen-bond acceptors (Lipinski definition) is 5. The average Bonchev–Trinajstić information content (AvgIpc) is 3.02. The summed E-state index contributed by atoms with van der Waals surface area (Å²) in [6.07, 6.45) is 9.35. The van der Waals surface area contributed by atoms with Gasteiger partial charge in [0, 0.05) is 24.0 Å². The molecular formula is C17H27N3O2. The Hall–Kier alpha value is -0.940. The van der Waals surface area contributed by atoms with Crippen LogP contribution in [-0.4, -0.2) is 40.8 Å². The van der Waals surface area contributed by atoms with Crippen LogP contribution in [-0.2, 0) is 11.3 Å². The molecule has 0 unspecified atom stereocenters. The highest BCUT2D eigenvalue weighted by molar-refractivity contribution is 5.11. The van der Waals surface area contributed by atoms with Gasteiger partial charge >= 0.3 is 0 Å². The summed E-state index contributed by atoms with van der Waals surface area (Å²) in [4.78, 5) is 6.99. The third-order valence-corrected chi connectivity index (χ3v) is 5.99. The molecule has 1 heterocycles. The van der Waals surface area contributed by atoms with Crippen LogP contribution in [0.2, 0.25) is 0 Å². The summed E-state index contributed by atoms with van der Waals surface area (Å²) in [6.45, 7) is 3.71. The van der Waals surface area contributed by atoms with E-state index in [9.17, 15) is 0 Å². The molecule has 5 nitrogen and oxygen atoms in total. The molecule has 4 rings (SSSR count). The van der Waals surface area contributed by atoms with Gasteiger partial charge in [-0.1, -0.05) is 18.0 Å². The van der Waals surface area contributed by atoms with Crippen LogP contribution in [0.25, 0.3) is 0 Å². The van der Waals surface area contributed by atoms with E-state index < -0.39 is 0 Å². The molecule has 0 saturated heterocycles. The molecule has 0 bridgehead atoms. The Bertz CT molecular complexity index is 520. The molecular weight excluding hydrogens is 278 g/mol. The normalized spacial score (nSPS) is 30.1. The molecule has 0 aliphatic heterocycles. The van der Waals surface area contributed by atoms with Crippen molar-refractivity contribution >= 4 is 0 Å². The van der Waals surface area contributed by atoms with Gasteiger partial charge in [-0.2, -0.15) is 4.98 Å². The maximum Gasteiger partial charge on any atom is 0.240 e. The fraction of sp³-hybridized carbons (Fsp3) is 0.882. The van der Waals surface area contributed by atoms with E-state index in [1.54, 1.807) is 0 Å². The minimum Gasteiger partial charge on any atom is -0.378 e. The molecule has 1 aromatic rings. The molecule has 0 radical (unpaired) electrons. The quantitative estimate of drug-likeness (QED) is 0.808. The van der Waals surface area contributed by atoms with Gasteiger partial charge in [0.1, 0.15) is 0 Å². The van der Waals surface area contributed by atoms with Gasteiger partial charge in [-0.3, -0.25) is 4.90 Å². The third-order valence-electron chi connectivity index (χ3n) is 5.99. The van der Waals surface area contributed by atoms with Crippen LogP contribution in [0.4, 0.5) is 0 Å². The molecule has 3 aliphatic rings. The van der Waals surface area contributed by atoms with Crippen molar-refractivity contribution in [2.24, 2.45) is 5.41 Å². The predicted molar refractivity (Wildman–Crippen MR) is 82.5 cm³/mol. The van der Waals surface area contributed by atoms with E-state index in [2.05, 4.69) is 29.0 Å². The first-order valence-corrected chi connectivity index (χ1v) is 8.87. The lowest BCUT2D eigenvalue weighted by molar-refractivity contribution is -0.163. The van der Waals surface area contributed by atoms with Crippen molar-refractivity contribution in [1.82, 2.24) is 15.0 Å². The number of nitrogens with zero attached hydrogens (tertiary/aromatic N) is 3. The van der Waals surface area contributed by atoms with Crippen LogP contribution in [0.3, 0.4) is 0 Å². The summed E-state index contributed by atoms with van der Waals surface area (Å²) in [5.41, 5.74) is 0.379. The smallest absolute Gasteiger partial charge is 0.240 e. The first kappa shape index (κ1) is 14.6. The molecule has 2 atom stereocenters. The van der Waals surface area contributed by atoms with Crippen molar-refractivity contribution in [1.29, 1.82) is 0 Å². The van der Waals surface area contributed by atoms with Crippen LogP contribution in [0.5, 0.6) is 0 Å². The van der Waals surface area contributed by atoms with E-state index in [1.807, 2.05) is 0 Å². The van der Waals surface area contributed by atoms with E-state index in [-0.39, 0.29) is 0 Å². The van der Waals surface area contributed by atoms with Crippen LogP contribution in [0.1, 0.15) is 69.5 Å². The monoisotopic (exact) mass is 305 g/mol. The Morgan fingerprint density at radius 3 is 2.77 bits per heavy atom. The second kappa shape index (κ2) is 5.60. The first-order chi connectivity index (χ1) is 10.7. The first-order valence-electron chi connectivity index (χ1n) is 8.87. The molecule has 3 fully saturated rings. The van der Waals surface area contributed by atoms with Crippen LogP contribution in [0, 0.1) is 5.41 Å². The molecule has 122 valence electrons. The Morgan fingerprint density at radius 1 is 1.32 bits per heavy atom. The maximum atomic E-state index is 6.01. The van der Waals surface area contributed by atoms with Gasteiger partial charge in [0.05, 0.1) is 12.6 Å². The molecule has 1 spiro atoms. The second-order valence-corrected chi connectivity index (χ2v) is 7.37. The van der Waals surface area contributed by atoms with E-state index in [0.29, 0.717) is 23.5 Å². The molecule has 0 N–H and O–H groups in total. The van der Waals surface area contributed by atoms with Crippen LogP contribution in [0.15, 0.2) is 4.52 Å². The van der Waals surface area contributed by atoms with Crippen molar-refractivity contribution in [2.45, 2.75) is 76.5 Å². The van der Waals surface area contributed by atoms with Gasteiger partial charge in [0.2, 0.25) is 5.89 Å². The molecule has 3 saturated carbocycles. The summed E-state index contributed by atoms with van der Waals surface area (Å²) in [5.74, 6) is 2.26. The molecule has 0 amide bonds. The van der Waals surface area contributed by atoms with Gasteiger partial charge in [-0.15, -0.1) is 0 Å². The van der Waals surface area contributed by atoms with Crippen LogP contribution < -0.4 is 0 Å². The van der Waals surface area contributed by atoms with Gasteiger partial charge < -0.3 is 9.26 Å². The standard InChI is InChI=1S/C17H27N3O2/c1-3-21-14-10-13(17(14)8-4-5-9-17)20(2)11-15-18-16(19-22-15)12-6-7-12/h12-14H,3-11H2,1-2H3/t13-,14+/m1/s1.